The normalized spacial score (nSPS) is 18.3. The summed E-state index contributed by atoms with van der Waals surface area (Å²) in [5.74, 6) is -0.894. The SMILES string of the molecule is Cc1cccc(-c2ccc3c(c2)OC(F)(F)C(F)(F)O3)n1. The van der Waals surface area contributed by atoms with Gasteiger partial charge in [-0.3, -0.25) is 4.98 Å². The Labute approximate surface area is 117 Å². The summed E-state index contributed by atoms with van der Waals surface area (Å²) in [6.07, 6.45) is -9.43. The lowest BCUT2D eigenvalue weighted by atomic mass is 10.1. The second kappa shape index (κ2) is 4.34. The third-order valence-electron chi connectivity index (χ3n) is 2.94. The zero-order chi connectivity index (χ0) is 15.3. The van der Waals surface area contributed by atoms with Crippen LogP contribution in [0.4, 0.5) is 17.6 Å². The minimum absolute atomic E-state index is 0.442. The Morgan fingerprint density at radius 2 is 1.57 bits per heavy atom. The Bertz CT molecular complexity index is 703. The summed E-state index contributed by atoms with van der Waals surface area (Å²) in [7, 11) is 0. The van der Waals surface area contributed by atoms with E-state index in [4.69, 9.17) is 0 Å². The van der Waals surface area contributed by atoms with E-state index < -0.39 is 23.7 Å². The molecule has 3 nitrogen and oxygen atoms in total. The van der Waals surface area contributed by atoms with Gasteiger partial charge in [-0.2, -0.15) is 17.6 Å². The number of rotatable bonds is 1. The van der Waals surface area contributed by atoms with Crippen LogP contribution in [0, 0.1) is 6.92 Å². The predicted molar refractivity (Wildman–Crippen MR) is 65.6 cm³/mol. The molecule has 0 atom stereocenters. The number of fused-ring (bicyclic) bond motifs is 1. The van der Waals surface area contributed by atoms with Crippen LogP contribution in [-0.4, -0.2) is 17.2 Å². The van der Waals surface area contributed by atoms with Crippen LogP contribution in [0.25, 0.3) is 11.3 Å². The molecule has 0 N–H and O–H groups in total. The van der Waals surface area contributed by atoms with Crippen LogP contribution in [0.15, 0.2) is 36.4 Å². The van der Waals surface area contributed by atoms with Crippen LogP contribution in [0.2, 0.25) is 0 Å². The maximum Gasteiger partial charge on any atom is 0.507 e. The van der Waals surface area contributed by atoms with Gasteiger partial charge in [0.2, 0.25) is 0 Å². The van der Waals surface area contributed by atoms with E-state index in [0.29, 0.717) is 11.3 Å². The van der Waals surface area contributed by atoms with E-state index in [1.165, 1.54) is 12.1 Å². The number of hydrogen-bond acceptors (Lipinski definition) is 3. The number of benzene rings is 1. The van der Waals surface area contributed by atoms with Crippen molar-refractivity contribution in [1.29, 1.82) is 0 Å². The van der Waals surface area contributed by atoms with Gasteiger partial charge in [-0.1, -0.05) is 6.07 Å². The molecule has 0 fully saturated rings. The van der Waals surface area contributed by atoms with Gasteiger partial charge in [0, 0.05) is 11.3 Å². The molecule has 0 saturated heterocycles. The van der Waals surface area contributed by atoms with Crippen LogP contribution < -0.4 is 9.47 Å². The van der Waals surface area contributed by atoms with Crippen molar-refractivity contribution in [2.75, 3.05) is 0 Å². The molecule has 2 aromatic rings. The second-order valence-corrected chi connectivity index (χ2v) is 4.56. The van der Waals surface area contributed by atoms with Crippen molar-refractivity contribution in [3.63, 3.8) is 0 Å². The van der Waals surface area contributed by atoms with E-state index in [9.17, 15) is 17.6 Å². The molecule has 0 aliphatic carbocycles. The average Bonchev–Trinajstić information content (AvgIpc) is 2.39. The summed E-state index contributed by atoms with van der Waals surface area (Å²) in [5.41, 5.74) is 1.71. The molecule has 1 aliphatic heterocycles. The van der Waals surface area contributed by atoms with E-state index in [0.717, 1.165) is 11.8 Å². The van der Waals surface area contributed by atoms with E-state index in [2.05, 4.69) is 14.5 Å². The van der Waals surface area contributed by atoms with Gasteiger partial charge in [-0.15, -0.1) is 0 Å². The summed E-state index contributed by atoms with van der Waals surface area (Å²) < 4.78 is 60.5. The average molecular weight is 299 g/mol. The van der Waals surface area contributed by atoms with Crippen molar-refractivity contribution >= 4 is 0 Å². The van der Waals surface area contributed by atoms with Crippen molar-refractivity contribution in [3.05, 3.63) is 42.1 Å². The Morgan fingerprint density at radius 3 is 2.24 bits per heavy atom. The zero-order valence-corrected chi connectivity index (χ0v) is 10.7. The number of pyridine rings is 1. The minimum atomic E-state index is -4.72. The summed E-state index contributed by atoms with van der Waals surface area (Å²) in [4.78, 5) is 4.23. The van der Waals surface area contributed by atoms with Gasteiger partial charge in [-0.25, -0.2) is 0 Å². The molecule has 0 bridgehead atoms. The zero-order valence-electron chi connectivity index (χ0n) is 10.7. The molecular weight excluding hydrogens is 290 g/mol. The molecule has 7 heteroatoms. The van der Waals surface area contributed by atoms with Crippen LogP contribution >= 0.6 is 0 Å². The molecule has 0 radical (unpaired) electrons. The molecule has 2 heterocycles. The third-order valence-corrected chi connectivity index (χ3v) is 2.94. The Hall–Kier alpha value is -2.31. The van der Waals surface area contributed by atoms with E-state index >= 15 is 0 Å². The van der Waals surface area contributed by atoms with Gasteiger partial charge in [-0.05, 0) is 37.3 Å². The number of aryl methyl sites for hydroxylation is 1. The maximum absolute atomic E-state index is 13.1. The van der Waals surface area contributed by atoms with Crippen LogP contribution in [0.5, 0.6) is 11.5 Å². The van der Waals surface area contributed by atoms with E-state index in [1.807, 2.05) is 0 Å². The van der Waals surface area contributed by atoms with Crippen LogP contribution in [0.3, 0.4) is 0 Å². The molecule has 0 amide bonds. The summed E-state index contributed by atoms with van der Waals surface area (Å²) in [6.45, 7) is 1.77. The standard InChI is InChI=1S/C14H9F4NO2/c1-8-3-2-4-10(19-8)9-5-6-11-12(7-9)21-14(17,18)13(15,16)20-11/h2-7H,1H3. The van der Waals surface area contributed by atoms with Crippen LogP contribution in [-0.2, 0) is 0 Å². The molecule has 21 heavy (non-hydrogen) atoms. The monoisotopic (exact) mass is 299 g/mol. The fourth-order valence-corrected chi connectivity index (χ4v) is 1.93. The van der Waals surface area contributed by atoms with Crippen molar-refractivity contribution < 1.29 is 27.0 Å². The lowest BCUT2D eigenvalue weighted by Crippen LogP contribution is -2.52. The second-order valence-electron chi connectivity index (χ2n) is 4.56. The van der Waals surface area contributed by atoms with E-state index in [1.54, 1.807) is 25.1 Å². The van der Waals surface area contributed by atoms with Crippen LogP contribution in [0.1, 0.15) is 5.69 Å². The fraction of sp³-hybridized carbons (Fsp3) is 0.214. The topological polar surface area (TPSA) is 31.4 Å². The number of ether oxygens (including phenoxy) is 2. The Balaban J connectivity index is 2.04. The number of nitrogens with zero attached hydrogens (tertiary/aromatic N) is 1. The van der Waals surface area contributed by atoms with Crippen molar-refractivity contribution in [3.8, 4) is 22.8 Å². The number of aromatic nitrogens is 1. The lowest BCUT2D eigenvalue weighted by molar-refractivity contribution is -0.391. The molecule has 1 aliphatic rings. The molecule has 110 valence electrons. The fourth-order valence-electron chi connectivity index (χ4n) is 1.93. The maximum atomic E-state index is 13.1. The lowest BCUT2D eigenvalue weighted by Gasteiger charge is -2.31. The highest BCUT2D eigenvalue weighted by molar-refractivity contribution is 5.64. The summed E-state index contributed by atoms with van der Waals surface area (Å²) in [5, 5.41) is 0. The van der Waals surface area contributed by atoms with Gasteiger partial charge >= 0.3 is 12.2 Å². The predicted octanol–water partition coefficient (Wildman–Crippen LogP) is 4.01. The van der Waals surface area contributed by atoms with Crippen molar-refractivity contribution in [2.24, 2.45) is 0 Å². The van der Waals surface area contributed by atoms with Crippen molar-refractivity contribution in [2.45, 2.75) is 19.1 Å². The first kappa shape index (κ1) is 13.7. The third kappa shape index (κ3) is 2.28. The summed E-state index contributed by atoms with van der Waals surface area (Å²) in [6, 6.07) is 8.99. The highest BCUT2D eigenvalue weighted by atomic mass is 19.3. The first-order chi connectivity index (χ1) is 9.78. The van der Waals surface area contributed by atoms with E-state index in [-0.39, 0.29) is 0 Å². The minimum Gasteiger partial charge on any atom is -0.421 e. The summed E-state index contributed by atoms with van der Waals surface area (Å²) >= 11 is 0. The molecule has 0 saturated carbocycles. The van der Waals surface area contributed by atoms with Gasteiger partial charge in [0.1, 0.15) is 0 Å². The van der Waals surface area contributed by atoms with Gasteiger partial charge in [0.25, 0.3) is 0 Å². The van der Waals surface area contributed by atoms with Crippen molar-refractivity contribution in [1.82, 2.24) is 4.98 Å². The highest BCUT2D eigenvalue weighted by Crippen LogP contribution is 2.47. The number of halogens is 4. The van der Waals surface area contributed by atoms with Gasteiger partial charge in [0.05, 0.1) is 5.69 Å². The van der Waals surface area contributed by atoms with Gasteiger partial charge < -0.3 is 9.47 Å². The number of hydrogen-bond donors (Lipinski definition) is 0. The molecule has 0 unspecified atom stereocenters. The Kier molecular flexibility index (Phi) is 2.82. The first-order valence-corrected chi connectivity index (χ1v) is 6.00. The molecule has 1 aromatic heterocycles. The number of alkyl halides is 4. The first-order valence-electron chi connectivity index (χ1n) is 6.00. The largest absolute Gasteiger partial charge is 0.507 e. The smallest absolute Gasteiger partial charge is 0.421 e. The molecule has 0 spiro atoms. The molecule has 1 aromatic carbocycles. The Morgan fingerprint density at radius 1 is 0.905 bits per heavy atom. The quantitative estimate of drug-likeness (QED) is 0.745. The molecule has 3 rings (SSSR count). The highest BCUT2D eigenvalue weighted by Gasteiger charge is 2.65. The van der Waals surface area contributed by atoms with Gasteiger partial charge in [0.15, 0.2) is 11.5 Å². The molecular formula is C14H9F4NO2.